The van der Waals surface area contributed by atoms with E-state index in [-0.39, 0.29) is 5.41 Å². The molecule has 2 nitrogen and oxygen atoms in total. The Hall–Kier alpha value is -0.860. The maximum Gasteiger partial charge on any atom is 0.0234 e. The molecule has 16 heavy (non-hydrogen) atoms. The molecule has 0 amide bonds. The van der Waals surface area contributed by atoms with Crippen molar-refractivity contribution in [1.29, 1.82) is 0 Å². The number of hydrogen-bond acceptors (Lipinski definition) is 2. The Morgan fingerprint density at radius 2 is 1.81 bits per heavy atom. The van der Waals surface area contributed by atoms with Crippen LogP contribution in [0.25, 0.3) is 0 Å². The summed E-state index contributed by atoms with van der Waals surface area (Å²) in [6.07, 6.45) is 0. The summed E-state index contributed by atoms with van der Waals surface area (Å²) in [6, 6.07) is 8.67. The van der Waals surface area contributed by atoms with Crippen LogP contribution in [0.2, 0.25) is 0 Å². The summed E-state index contributed by atoms with van der Waals surface area (Å²) in [5.74, 6) is 0. The summed E-state index contributed by atoms with van der Waals surface area (Å²) < 4.78 is 0. The predicted molar refractivity (Wildman–Crippen MR) is 70.5 cm³/mol. The van der Waals surface area contributed by atoms with E-state index in [0.717, 1.165) is 13.1 Å². The molecule has 2 heteroatoms. The van der Waals surface area contributed by atoms with E-state index in [1.165, 1.54) is 11.1 Å². The highest BCUT2D eigenvalue weighted by atomic mass is 15.1. The third-order valence-electron chi connectivity index (χ3n) is 2.78. The summed E-state index contributed by atoms with van der Waals surface area (Å²) in [5.41, 5.74) is 8.61. The van der Waals surface area contributed by atoms with E-state index in [1.54, 1.807) is 0 Å². The summed E-state index contributed by atoms with van der Waals surface area (Å²) >= 11 is 0. The SMILES string of the molecule is CN(CCN)Cc1ccccc1C(C)(C)C. The fourth-order valence-corrected chi connectivity index (χ4v) is 1.98. The van der Waals surface area contributed by atoms with Crippen molar-refractivity contribution in [2.24, 2.45) is 5.73 Å². The number of hydrogen-bond donors (Lipinski definition) is 1. The van der Waals surface area contributed by atoms with Gasteiger partial charge in [-0.05, 0) is 23.6 Å². The van der Waals surface area contributed by atoms with Crippen LogP contribution in [-0.4, -0.2) is 25.0 Å². The maximum atomic E-state index is 5.57. The lowest BCUT2D eigenvalue weighted by Crippen LogP contribution is -2.26. The molecule has 0 spiro atoms. The molecular formula is C14H24N2. The quantitative estimate of drug-likeness (QED) is 0.844. The molecular weight excluding hydrogens is 196 g/mol. The van der Waals surface area contributed by atoms with Crippen LogP contribution in [0.3, 0.4) is 0 Å². The molecule has 0 aromatic heterocycles. The van der Waals surface area contributed by atoms with Crippen LogP contribution in [0, 0.1) is 0 Å². The number of likely N-dealkylation sites (N-methyl/N-ethyl adjacent to an activating group) is 1. The van der Waals surface area contributed by atoms with Crippen molar-refractivity contribution >= 4 is 0 Å². The van der Waals surface area contributed by atoms with E-state index >= 15 is 0 Å². The molecule has 0 atom stereocenters. The predicted octanol–water partition coefficient (Wildman–Crippen LogP) is 2.37. The van der Waals surface area contributed by atoms with Crippen LogP contribution in [0.4, 0.5) is 0 Å². The highest BCUT2D eigenvalue weighted by Gasteiger charge is 2.17. The first kappa shape index (κ1) is 13.2. The van der Waals surface area contributed by atoms with Crippen molar-refractivity contribution in [2.45, 2.75) is 32.7 Å². The van der Waals surface area contributed by atoms with Crippen LogP contribution < -0.4 is 5.73 Å². The number of benzene rings is 1. The molecule has 0 heterocycles. The molecule has 0 unspecified atom stereocenters. The van der Waals surface area contributed by atoms with Gasteiger partial charge in [-0.15, -0.1) is 0 Å². The van der Waals surface area contributed by atoms with Crippen molar-refractivity contribution < 1.29 is 0 Å². The molecule has 90 valence electrons. The topological polar surface area (TPSA) is 29.3 Å². The standard InChI is InChI=1S/C14H24N2/c1-14(2,3)13-8-6-5-7-12(13)11-16(4)10-9-15/h5-8H,9-11,15H2,1-4H3. The highest BCUT2D eigenvalue weighted by Crippen LogP contribution is 2.26. The van der Waals surface area contributed by atoms with Gasteiger partial charge in [0.25, 0.3) is 0 Å². The molecule has 2 N–H and O–H groups in total. The Labute approximate surface area is 99.5 Å². The third kappa shape index (κ3) is 3.62. The first-order valence-corrected chi connectivity index (χ1v) is 5.92. The molecule has 0 bridgehead atoms. The number of nitrogens with two attached hydrogens (primary N) is 1. The highest BCUT2D eigenvalue weighted by molar-refractivity contribution is 5.32. The van der Waals surface area contributed by atoms with Crippen molar-refractivity contribution in [1.82, 2.24) is 4.90 Å². The van der Waals surface area contributed by atoms with E-state index in [0.29, 0.717) is 6.54 Å². The molecule has 0 fully saturated rings. The van der Waals surface area contributed by atoms with E-state index in [4.69, 9.17) is 5.73 Å². The minimum Gasteiger partial charge on any atom is -0.329 e. The van der Waals surface area contributed by atoms with E-state index in [2.05, 4.69) is 57.0 Å². The molecule has 0 radical (unpaired) electrons. The fourth-order valence-electron chi connectivity index (χ4n) is 1.98. The minimum atomic E-state index is 0.208. The van der Waals surface area contributed by atoms with Crippen molar-refractivity contribution in [3.05, 3.63) is 35.4 Å². The Bertz CT molecular complexity index is 326. The van der Waals surface area contributed by atoms with Gasteiger partial charge in [-0.3, -0.25) is 0 Å². The summed E-state index contributed by atoms with van der Waals surface area (Å²) in [6.45, 7) is 9.41. The number of rotatable bonds is 4. The van der Waals surface area contributed by atoms with Gasteiger partial charge >= 0.3 is 0 Å². The maximum absolute atomic E-state index is 5.57. The summed E-state index contributed by atoms with van der Waals surface area (Å²) in [5, 5.41) is 0. The van der Waals surface area contributed by atoms with Gasteiger partial charge in [0.15, 0.2) is 0 Å². The zero-order valence-corrected chi connectivity index (χ0v) is 11.0. The van der Waals surface area contributed by atoms with Crippen LogP contribution >= 0.6 is 0 Å². The largest absolute Gasteiger partial charge is 0.329 e. The van der Waals surface area contributed by atoms with Crippen LogP contribution in [0.15, 0.2) is 24.3 Å². The average molecular weight is 220 g/mol. The van der Waals surface area contributed by atoms with E-state index in [1.807, 2.05) is 0 Å². The molecule has 1 aromatic rings. The van der Waals surface area contributed by atoms with Crippen LogP contribution in [-0.2, 0) is 12.0 Å². The smallest absolute Gasteiger partial charge is 0.0234 e. The zero-order chi connectivity index (χ0) is 12.2. The molecule has 0 saturated heterocycles. The molecule has 0 aliphatic rings. The lowest BCUT2D eigenvalue weighted by atomic mass is 9.83. The first-order valence-electron chi connectivity index (χ1n) is 5.92. The normalized spacial score (nSPS) is 12.1. The summed E-state index contributed by atoms with van der Waals surface area (Å²) in [7, 11) is 2.12. The van der Waals surface area contributed by atoms with Gasteiger partial charge in [0, 0.05) is 19.6 Å². The van der Waals surface area contributed by atoms with Gasteiger partial charge in [-0.1, -0.05) is 45.0 Å². The van der Waals surface area contributed by atoms with Gasteiger partial charge in [0.05, 0.1) is 0 Å². The summed E-state index contributed by atoms with van der Waals surface area (Å²) in [4.78, 5) is 2.27. The van der Waals surface area contributed by atoms with E-state index < -0.39 is 0 Å². The molecule has 0 saturated carbocycles. The average Bonchev–Trinajstić information content (AvgIpc) is 2.17. The second-order valence-corrected chi connectivity index (χ2v) is 5.43. The number of nitrogens with zero attached hydrogens (tertiary/aromatic N) is 1. The minimum absolute atomic E-state index is 0.208. The van der Waals surface area contributed by atoms with Gasteiger partial charge in [-0.2, -0.15) is 0 Å². The van der Waals surface area contributed by atoms with Gasteiger partial charge in [0.2, 0.25) is 0 Å². The molecule has 0 aliphatic carbocycles. The zero-order valence-electron chi connectivity index (χ0n) is 11.0. The van der Waals surface area contributed by atoms with Gasteiger partial charge in [0.1, 0.15) is 0 Å². The lowest BCUT2D eigenvalue weighted by molar-refractivity contribution is 0.333. The van der Waals surface area contributed by atoms with Crippen molar-refractivity contribution in [3.8, 4) is 0 Å². The van der Waals surface area contributed by atoms with Crippen LogP contribution in [0.1, 0.15) is 31.9 Å². The molecule has 1 aromatic carbocycles. The van der Waals surface area contributed by atoms with Gasteiger partial charge < -0.3 is 10.6 Å². The fraction of sp³-hybridized carbons (Fsp3) is 0.571. The Balaban J connectivity index is 2.87. The Morgan fingerprint density at radius 1 is 1.19 bits per heavy atom. The van der Waals surface area contributed by atoms with E-state index in [9.17, 15) is 0 Å². The molecule has 1 rings (SSSR count). The second-order valence-electron chi connectivity index (χ2n) is 5.43. The van der Waals surface area contributed by atoms with Crippen molar-refractivity contribution in [3.63, 3.8) is 0 Å². The third-order valence-corrected chi connectivity index (χ3v) is 2.78. The van der Waals surface area contributed by atoms with Crippen molar-refractivity contribution in [2.75, 3.05) is 20.1 Å². The Morgan fingerprint density at radius 3 is 2.38 bits per heavy atom. The van der Waals surface area contributed by atoms with Gasteiger partial charge in [-0.25, -0.2) is 0 Å². The monoisotopic (exact) mass is 220 g/mol. The van der Waals surface area contributed by atoms with Crippen LogP contribution in [0.5, 0.6) is 0 Å². The molecule has 0 aliphatic heterocycles. The first-order chi connectivity index (χ1) is 7.45. The lowest BCUT2D eigenvalue weighted by Gasteiger charge is -2.25. The second kappa shape index (κ2) is 5.46. The Kier molecular flexibility index (Phi) is 4.51.